The van der Waals surface area contributed by atoms with Crippen molar-refractivity contribution in [1.82, 2.24) is 25.1 Å². The summed E-state index contributed by atoms with van der Waals surface area (Å²) in [6, 6.07) is 15.9. The van der Waals surface area contributed by atoms with Gasteiger partial charge >= 0.3 is 0 Å². The summed E-state index contributed by atoms with van der Waals surface area (Å²) < 4.78 is 3.99. The lowest BCUT2D eigenvalue weighted by atomic mass is 10.0. The van der Waals surface area contributed by atoms with Crippen LogP contribution in [0.15, 0.2) is 48.5 Å². The van der Waals surface area contributed by atoms with E-state index in [0.717, 1.165) is 17.8 Å². The summed E-state index contributed by atoms with van der Waals surface area (Å²) in [5, 5.41) is 11.1. The van der Waals surface area contributed by atoms with Gasteiger partial charge in [-0.05, 0) is 58.4 Å². The van der Waals surface area contributed by atoms with Crippen LogP contribution < -0.4 is 10.2 Å². The molecule has 2 N–H and O–H groups in total. The Hall–Kier alpha value is -2.84. The van der Waals surface area contributed by atoms with Gasteiger partial charge in [-0.1, -0.05) is 38.1 Å². The Morgan fingerprint density at radius 2 is 1.76 bits per heavy atom. The van der Waals surface area contributed by atoms with E-state index in [4.69, 9.17) is 12.2 Å². The fourth-order valence-electron chi connectivity index (χ4n) is 3.11. The van der Waals surface area contributed by atoms with Crippen LogP contribution in [0.4, 0.5) is 0 Å². The molecule has 0 aliphatic carbocycles. The number of carbonyl (C=O) groups excluding carboxylic acids is 1. The highest BCUT2D eigenvalue weighted by molar-refractivity contribution is 7.71. The summed E-state index contributed by atoms with van der Waals surface area (Å²) in [4.78, 5) is 12.9. The van der Waals surface area contributed by atoms with E-state index in [9.17, 15) is 4.79 Å². The van der Waals surface area contributed by atoms with Crippen LogP contribution in [0.5, 0.6) is 0 Å². The van der Waals surface area contributed by atoms with E-state index in [2.05, 4.69) is 48.8 Å². The van der Waals surface area contributed by atoms with Gasteiger partial charge in [0.2, 0.25) is 4.77 Å². The summed E-state index contributed by atoms with van der Waals surface area (Å²) in [7, 11) is 3.70. The lowest BCUT2D eigenvalue weighted by Gasteiger charge is -2.13. The van der Waals surface area contributed by atoms with E-state index < -0.39 is 0 Å². The molecule has 0 fully saturated rings. The number of tetrazole rings is 1. The predicted octanol–water partition coefficient (Wildman–Crippen LogP) is 1.95. The summed E-state index contributed by atoms with van der Waals surface area (Å²) in [5.74, 6) is 0.400. The molecule has 7 nitrogen and oxygen atoms in total. The topological polar surface area (TPSA) is 69.2 Å². The number of amides is 1. The van der Waals surface area contributed by atoms with Crippen LogP contribution in [0.1, 0.15) is 41.3 Å². The SMILES string of the molecule is CNC(=O)c1ccc(C[NH+](C)Cn2nnn(-c3ccc(C(C)C)cc3)c2=S)cc1. The Kier molecular flexibility index (Phi) is 6.56. The second-order valence-electron chi connectivity index (χ2n) is 7.49. The van der Waals surface area contributed by atoms with Crippen molar-refractivity contribution in [2.75, 3.05) is 14.1 Å². The van der Waals surface area contributed by atoms with E-state index in [1.54, 1.807) is 16.4 Å². The van der Waals surface area contributed by atoms with Crippen molar-refractivity contribution in [2.24, 2.45) is 0 Å². The Bertz CT molecular complexity index is 1020. The first kappa shape index (κ1) is 20.9. The molecule has 29 heavy (non-hydrogen) atoms. The van der Waals surface area contributed by atoms with Crippen LogP contribution >= 0.6 is 12.2 Å². The molecule has 152 valence electrons. The van der Waals surface area contributed by atoms with Crippen LogP contribution in [0.2, 0.25) is 0 Å². The number of benzene rings is 2. The van der Waals surface area contributed by atoms with E-state index in [-0.39, 0.29) is 5.91 Å². The van der Waals surface area contributed by atoms with Crippen LogP contribution in [-0.2, 0) is 13.2 Å². The average molecular weight is 412 g/mol. The standard InChI is InChI=1S/C21H26N6OS/c1-15(2)17-9-11-19(12-10-17)27-21(29)26(23-24-27)14-25(4)13-16-5-7-18(8-6-16)20(28)22-3/h5-12,15H,13-14H2,1-4H3,(H,22,28)/p+1. The van der Waals surface area contributed by atoms with Crippen LogP contribution in [0.25, 0.3) is 5.69 Å². The van der Waals surface area contributed by atoms with Crippen molar-refractivity contribution in [2.45, 2.75) is 33.0 Å². The van der Waals surface area contributed by atoms with Gasteiger partial charge in [-0.15, -0.1) is 0 Å². The second kappa shape index (κ2) is 9.11. The molecular formula is C21H27N6OS+. The van der Waals surface area contributed by atoms with Crippen molar-refractivity contribution in [3.63, 3.8) is 0 Å². The molecule has 0 radical (unpaired) electrons. The molecule has 2 aromatic carbocycles. The van der Waals surface area contributed by atoms with Gasteiger partial charge in [0.25, 0.3) is 5.91 Å². The average Bonchev–Trinajstić information content (AvgIpc) is 3.08. The third-order valence-corrected chi connectivity index (χ3v) is 5.20. The van der Waals surface area contributed by atoms with E-state index >= 15 is 0 Å². The van der Waals surface area contributed by atoms with Crippen LogP contribution in [0.3, 0.4) is 0 Å². The highest BCUT2D eigenvalue weighted by atomic mass is 32.1. The molecule has 3 aromatic rings. The maximum Gasteiger partial charge on any atom is 0.251 e. The molecule has 0 saturated heterocycles. The molecule has 0 spiro atoms. The molecule has 3 rings (SSSR count). The largest absolute Gasteiger partial charge is 0.355 e. The van der Waals surface area contributed by atoms with Gasteiger partial charge < -0.3 is 10.2 Å². The van der Waals surface area contributed by atoms with E-state index in [1.807, 2.05) is 36.4 Å². The predicted molar refractivity (Wildman–Crippen MR) is 115 cm³/mol. The minimum atomic E-state index is -0.0819. The van der Waals surface area contributed by atoms with Crippen molar-refractivity contribution < 1.29 is 9.69 Å². The highest BCUT2D eigenvalue weighted by Crippen LogP contribution is 2.16. The maximum absolute atomic E-state index is 11.6. The zero-order chi connectivity index (χ0) is 21.0. The maximum atomic E-state index is 11.6. The molecule has 1 amide bonds. The minimum Gasteiger partial charge on any atom is -0.355 e. The zero-order valence-corrected chi connectivity index (χ0v) is 18.0. The third-order valence-electron chi connectivity index (χ3n) is 4.81. The second-order valence-corrected chi connectivity index (χ2v) is 7.85. The Balaban J connectivity index is 1.67. The molecule has 0 saturated carbocycles. The lowest BCUT2D eigenvalue weighted by molar-refractivity contribution is -0.917. The number of nitrogens with zero attached hydrogens (tertiary/aromatic N) is 4. The molecule has 1 unspecified atom stereocenters. The van der Waals surface area contributed by atoms with Gasteiger partial charge in [-0.3, -0.25) is 4.79 Å². The van der Waals surface area contributed by atoms with Crippen molar-refractivity contribution in [1.29, 1.82) is 0 Å². The van der Waals surface area contributed by atoms with Crippen molar-refractivity contribution >= 4 is 18.1 Å². The Labute approximate surface area is 175 Å². The lowest BCUT2D eigenvalue weighted by Crippen LogP contribution is -3.07. The normalized spacial score (nSPS) is 12.2. The zero-order valence-electron chi connectivity index (χ0n) is 17.2. The quantitative estimate of drug-likeness (QED) is 0.583. The molecular weight excluding hydrogens is 384 g/mol. The minimum absolute atomic E-state index is 0.0819. The highest BCUT2D eigenvalue weighted by Gasteiger charge is 2.12. The summed E-state index contributed by atoms with van der Waals surface area (Å²) in [6.07, 6.45) is 0. The number of hydrogen-bond donors (Lipinski definition) is 2. The third kappa shape index (κ3) is 4.96. The first-order valence-electron chi connectivity index (χ1n) is 9.64. The number of quaternary nitrogens is 1. The first-order chi connectivity index (χ1) is 13.9. The fraction of sp³-hybridized carbons (Fsp3) is 0.333. The molecule has 8 heteroatoms. The number of nitrogens with one attached hydrogen (secondary N) is 2. The number of carbonyl (C=O) groups is 1. The summed E-state index contributed by atoms with van der Waals surface area (Å²) in [6.45, 7) is 5.72. The van der Waals surface area contributed by atoms with Crippen LogP contribution in [-0.4, -0.2) is 39.8 Å². The molecule has 1 aromatic heterocycles. The van der Waals surface area contributed by atoms with Gasteiger partial charge in [0.15, 0.2) is 6.67 Å². The smallest absolute Gasteiger partial charge is 0.251 e. The molecule has 0 aliphatic rings. The van der Waals surface area contributed by atoms with Gasteiger partial charge in [-0.2, -0.15) is 9.36 Å². The van der Waals surface area contributed by atoms with E-state index in [1.165, 1.54) is 10.5 Å². The molecule has 0 aliphatic heterocycles. The fourth-order valence-corrected chi connectivity index (χ4v) is 3.36. The molecule has 1 atom stereocenters. The summed E-state index contributed by atoms with van der Waals surface area (Å²) >= 11 is 5.58. The molecule has 0 bridgehead atoms. The van der Waals surface area contributed by atoms with Gasteiger partial charge in [0.1, 0.15) is 6.54 Å². The number of rotatable bonds is 7. The van der Waals surface area contributed by atoms with Crippen molar-refractivity contribution in [3.05, 3.63) is 70.0 Å². The molecule has 1 heterocycles. The summed E-state index contributed by atoms with van der Waals surface area (Å²) in [5.41, 5.74) is 3.98. The van der Waals surface area contributed by atoms with Crippen LogP contribution in [0, 0.1) is 4.77 Å². The van der Waals surface area contributed by atoms with Gasteiger partial charge in [-0.25, -0.2) is 0 Å². The van der Waals surface area contributed by atoms with Gasteiger partial charge in [0, 0.05) is 18.2 Å². The van der Waals surface area contributed by atoms with Gasteiger partial charge in [0.05, 0.1) is 12.7 Å². The van der Waals surface area contributed by atoms with E-state index in [0.29, 0.717) is 22.9 Å². The monoisotopic (exact) mass is 411 g/mol. The number of hydrogen-bond acceptors (Lipinski definition) is 4. The Morgan fingerprint density at radius 1 is 1.10 bits per heavy atom. The number of aromatic nitrogens is 4. The Morgan fingerprint density at radius 3 is 2.34 bits per heavy atom. The first-order valence-corrected chi connectivity index (χ1v) is 10.1. The van der Waals surface area contributed by atoms with Crippen molar-refractivity contribution in [3.8, 4) is 5.69 Å².